The van der Waals surface area contributed by atoms with Crippen molar-refractivity contribution in [1.82, 2.24) is 9.80 Å². The predicted octanol–water partition coefficient (Wildman–Crippen LogP) is 4.00. The highest BCUT2D eigenvalue weighted by Crippen LogP contribution is 2.53. The highest BCUT2D eigenvalue weighted by molar-refractivity contribution is 5.72. The van der Waals surface area contributed by atoms with E-state index < -0.39 is 6.16 Å². The van der Waals surface area contributed by atoms with Crippen LogP contribution in [-0.2, 0) is 10.8 Å². The third-order valence-corrected chi connectivity index (χ3v) is 9.01. The van der Waals surface area contributed by atoms with Crippen molar-refractivity contribution in [2.45, 2.75) is 49.9 Å². The number of carbonyl (C=O) groups excluding carboxylic acids is 1. The van der Waals surface area contributed by atoms with Gasteiger partial charge < -0.3 is 19.3 Å². The van der Waals surface area contributed by atoms with E-state index in [1.165, 1.54) is 22.5 Å². The van der Waals surface area contributed by atoms with Gasteiger partial charge in [-0.15, -0.1) is 0 Å². The minimum absolute atomic E-state index is 0.0224. The molecular weight excluding hydrogens is 428 g/mol. The second-order valence-electron chi connectivity index (χ2n) is 11.1. The van der Waals surface area contributed by atoms with E-state index in [1.54, 1.807) is 0 Å². The zero-order valence-corrected chi connectivity index (χ0v) is 21.0. The number of carbonyl (C=O) groups is 1. The van der Waals surface area contributed by atoms with Gasteiger partial charge >= 0.3 is 6.16 Å². The summed E-state index contributed by atoms with van der Waals surface area (Å²) in [6.07, 6.45) is 2.12. The van der Waals surface area contributed by atoms with E-state index in [4.69, 9.17) is 9.47 Å². The van der Waals surface area contributed by atoms with Gasteiger partial charge in [0.15, 0.2) is 0 Å². The van der Waals surface area contributed by atoms with Gasteiger partial charge in [0.05, 0.1) is 12.3 Å². The first-order valence-electron chi connectivity index (χ1n) is 12.2. The van der Waals surface area contributed by atoms with Gasteiger partial charge in [-0.25, -0.2) is 4.79 Å². The number of anilines is 2. The van der Waals surface area contributed by atoms with Crippen molar-refractivity contribution in [2.24, 2.45) is 0 Å². The predicted molar refractivity (Wildman–Crippen MR) is 133 cm³/mol. The summed E-state index contributed by atoms with van der Waals surface area (Å²) in [5.41, 5.74) is 4.92. The van der Waals surface area contributed by atoms with E-state index in [0.29, 0.717) is 23.8 Å². The molecular formula is C27H34N4O3. The lowest BCUT2D eigenvalue weighted by atomic mass is 9.81. The zero-order valence-electron chi connectivity index (χ0n) is 21.0. The first-order valence-corrected chi connectivity index (χ1v) is 12.2. The molecule has 4 atom stereocenters. The molecule has 0 radical (unpaired) electrons. The summed E-state index contributed by atoms with van der Waals surface area (Å²) in [6.45, 7) is 6.73. The summed E-state index contributed by atoms with van der Waals surface area (Å²) < 4.78 is 11.3. The number of hydrogen-bond donors (Lipinski definition) is 0. The Morgan fingerprint density at radius 2 is 1.18 bits per heavy atom. The van der Waals surface area contributed by atoms with Crippen LogP contribution >= 0.6 is 0 Å². The summed E-state index contributed by atoms with van der Waals surface area (Å²) in [6, 6.07) is 11.9. The third kappa shape index (κ3) is 2.80. The normalized spacial score (nSPS) is 31.9. The van der Waals surface area contributed by atoms with Crippen molar-refractivity contribution in [2.75, 3.05) is 51.1 Å². The quantitative estimate of drug-likeness (QED) is 0.494. The molecule has 0 aliphatic carbocycles. The monoisotopic (exact) mass is 462 g/mol. The first kappa shape index (κ1) is 21.7. The van der Waals surface area contributed by atoms with Crippen molar-refractivity contribution in [1.29, 1.82) is 0 Å². The molecule has 4 aliphatic rings. The lowest BCUT2D eigenvalue weighted by Gasteiger charge is -2.32. The Kier molecular flexibility index (Phi) is 4.55. The molecule has 2 fully saturated rings. The molecule has 7 nitrogen and oxygen atoms in total. The molecule has 2 aromatic rings. The Hall–Kier alpha value is -2.77. The number of nitrogens with zero attached hydrogens (tertiary/aromatic N) is 4. The van der Waals surface area contributed by atoms with Gasteiger partial charge in [-0.1, -0.05) is 13.8 Å². The average molecular weight is 463 g/mol. The Morgan fingerprint density at radius 3 is 1.59 bits per heavy atom. The molecule has 0 spiro atoms. The van der Waals surface area contributed by atoms with Crippen molar-refractivity contribution in [3.63, 3.8) is 0 Å². The molecule has 0 bridgehead atoms. The number of ether oxygens (including phenoxy) is 2. The van der Waals surface area contributed by atoms with Crippen molar-refractivity contribution in [3.8, 4) is 11.5 Å². The summed E-state index contributed by atoms with van der Waals surface area (Å²) in [5, 5.41) is 0. The van der Waals surface area contributed by atoms with Crippen molar-refractivity contribution < 1.29 is 14.3 Å². The molecule has 0 amide bonds. The summed E-state index contributed by atoms with van der Waals surface area (Å²) in [4.78, 5) is 22.2. The van der Waals surface area contributed by atoms with Crippen LogP contribution in [-0.4, -0.2) is 69.6 Å². The Bertz CT molecular complexity index is 1090. The summed E-state index contributed by atoms with van der Waals surface area (Å²) >= 11 is 0. The Labute approximate surface area is 201 Å². The number of likely N-dealkylation sites (tertiary alicyclic amines) is 2. The molecule has 34 heavy (non-hydrogen) atoms. The third-order valence-electron chi connectivity index (χ3n) is 9.01. The maximum absolute atomic E-state index is 12.7. The number of rotatable bonds is 2. The van der Waals surface area contributed by atoms with Crippen molar-refractivity contribution in [3.05, 3.63) is 47.5 Å². The molecule has 0 aromatic heterocycles. The topological polar surface area (TPSA) is 48.5 Å². The Morgan fingerprint density at radius 1 is 0.765 bits per heavy atom. The summed E-state index contributed by atoms with van der Waals surface area (Å²) in [5.74, 6) is 1.05. The number of fused-ring (bicyclic) bond motifs is 6. The zero-order chi connectivity index (χ0) is 24.0. The van der Waals surface area contributed by atoms with Crippen LogP contribution < -0.4 is 19.3 Å². The van der Waals surface area contributed by atoms with Crippen LogP contribution in [0.4, 0.5) is 16.2 Å². The largest absolute Gasteiger partial charge is 0.519 e. The molecule has 4 heterocycles. The molecule has 4 aliphatic heterocycles. The second-order valence-corrected chi connectivity index (χ2v) is 11.1. The molecule has 2 saturated heterocycles. The van der Waals surface area contributed by atoms with Gasteiger partial charge in [-0.3, -0.25) is 9.80 Å². The number of benzene rings is 2. The number of hydrogen-bond acceptors (Lipinski definition) is 7. The maximum Gasteiger partial charge on any atom is 0.519 e. The van der Waals surface area contributed by atoms with E-state index in [1.807, 2.05) is 24.3 Å². The smallest absolute Gasteiger partial charge is 0.395 e. The minimum Gasteiger partial charge on any atom is -0.395 e. The molecule has 2 aromatic carbocycles. The van der Waals surface area contributed by atoms with E-state index in [2.05, 4.69) is 73.8 Å². The molecule has 7 heteroatoms. The molecule has 6 rings (SSSR count). The fraction of sp³-hybridized carbons (Fsp3) is 0.519. The minimum atomic E-state index is -0.701. The standard InChI is InChI=1S/C27H34N4O3/c1-26-11-13-28(3)23(26)30(5)21-9-7-17(15-19(21)26)33-25(32)34-18-8-10-22-20(16-18)27(2)12-14-29(4)24(27)31(22)6/h7-10,15-16,23-24H,11-14H2,1-6H3/t23-,24-,26+,27+/m1/s1. The van der Waals surface area contributed by atoms with Gasteiger partial charge in [0, 0.05) is 49.4 Å². The van der Waals surface area contributed by atoms with Gasteiger partial charge in [0.25, 0.3) is 0 Å². The number of likely N-dealkylation sites (N-methyl/N-ethyl adjacent to an activating group) is 4. The highest BCUT2D eigenvalue weighted by Gasteiger charge is 2.53. The van der Waals surface area contributed by atoms with Crippen molar-refractivity contribution >= 4 is 17.5 Å². The fourth-order valence-electron chi connectivity index (χ4n) is 7.45. The SMILES string of the molecule is CN1CC[C@@]2(C)c3cc(OC(=O)Oc4ccc5c(c4)[C@]4(C)CCN(C)[C@@H]4N5C)ccc3N(C)[C@@H]12. The lowest BCUT2D eigenvalue weighted by Crippen LogP contribution is -2.45. The van der Waals surface area contributed by atoms with E-state index in [-0.39, 0.29) is 10.8 Å². The van der Waals surface area contributed by atoms with Crippen LogP contribution in [0, 0.1) is 0 Å². The van der Waals surface area contributed by atoms with E-state index in [9.17, 15) is 4.79 Å². The summed E-state index contributed by atoms with van der Waals surface area (Å²) in [7, 11) is 8.63. The van der Waals surface area contributed by atoms with Crippen LogP contribution in [0.3, 0.4) is 0 Å². The molecule has 180 valence electrons. The highest BCUT2D eigenvalue weighted by atomic mass is 16.7. The van der Waals surface area contributed by atoms with Gasteiger partial charge in [-0.05, 0) is 74.5 Å². The fourth-order valence-corrected chi connectivity index (χ4v) is 7.45. The van der Waals surface area contributed by atoms with E-state index in [0.717, 1.165) is 25.9 Å². The van der Waals surface area contributed by atoms with Crippen LogP contribution in [0.25, 0.3) is 0 Å². The van der Waals surface area contributed by atoms with Gasteiger partial charge in [0.2, 0.25) is 0 Å². The van der Waals surface area contributed by atoms with Crippen LogP contribution in [0.5, 0.6) is 11.5 Å². The second kappa shape index (κ2) is 7.12. The Balaban J connectivity index is 1.22. The lowest BCUT2D eigenvalue weighted by molar-refractivity contribution is 0.151. The average Bonchev–Trinajstić information content (AvgIpc) is 3.42. The van der Waals surface area contributed by atoms with Crippen LogP contribution in [0.15, 0.2) is 36.4 Å². The molecule has 0 N–H and O–H groups in total. The molecule has 0 saturated carbocycles. The van der Waals surface area contributed by atoms with Crippen LogP contribution in [0.2, 0.25) is 0 Å². The van der Waals surface area contributed by atoms with Gasteiger partial charge in [-0.2, -0.15) is 0 Å². The molecule has 0 unspecified atom stereocenters. The van der Waals surface area contributed by atoms with Gasteiger partial charge in [0.1, 0.15) is 11.5 Å². The van der Waals surface area contributed by atoms with Crippen LogP contribution in [0.1, 0.15) is 37.8 Å². The van der Waals surface area contributed by atoms with E-state index >= 15 is 0 Å². The maximum atomic E-state index is 12.7. The first-order chi connectivity index (χ1) is 16.1.